The van der Waals surface area contributed by atoms with Gasteiger partial charge in [-0.15, -0.1) is 0 Å². The SMILES string of the molecule is COc1cc(C)c(-c2ccc3c(c2)OCC(c2c(F)cccc2F)N3)cn1. The molecule has 0 aliphatic carbocycles. The number of fused-ring (bicyclic) bond motifs is 1. The Morgan fingerprint density at radius 1 is 1.15 bits per heavy atom. The van der Waals surface area contributed by atoms with Crippen LogP contribution in [0.1, 0.15) is 17.2 Å². The van der Waals surface area contributed by atoms with E-state index in [4.69, 9.17) is 9.47 Å². The molecular formula is C21H18F2N2O2. The Morgan fingerprint density at radius 2 is 1.93 bits per heavy atom. The molecule has 1 aliphatic rings. The van der Waals surface area contributed by atoms with Crippen molar-refractivity contribution in [2.24, 2.45) is 0 Å². The van der Waals surface area contributed by atoms with Gasteiger partial charge in [0.15, 0.2) is 0 Å². The summed E-state index contributed by atoms with van der Waals surface area (Å²) in [5.41, 5.74) is 3.61. The molecule has 0 bridgehead atoms. The van der Waals surface area contributed by atoms with Gasteiger partial charge in [-0.3, -0.25) is 0 Å². The zero-order valence-electron chi connectivity index (χ0n) is 14.9. The molecule has 1 unspecified atom stereocenters. The third-order valence-electron chi connectivity index (χ3n) is 4.67. The van der Waals surface area contributed by atoms with E-state index in [9.17, 15) is 8.78 Å². The van der Waals surface area contributed by atoms with Crippen molar-refractivity contribution in [3.63, 3.8) is 0 Å². The maximum absolute atomic E-state index is 14.0. The largest absolute Gasteiger partial charge is 0.489 e. The van der Waals surface area contributed by atoms with Crippen LogP contribution in [0.3, 0.4) is 0 Å². The van der Waals surface area contributed by atoms with Crippen molar-refractivity contribution < 1.29 is 18.3 Å². The summed E-state index contributed by atoms with van der Waals surface area (Å²) in [5, 5.41) is 3.17. The highest BCUT2D eigenvalue weighted by molar-refractivity contribution is 5.73. The third kappa shape index (κ3) is 3.18. The number of rotatable bonds is 3. The quantitative estimate of drug-likeness (QED) is 0.715. The predicted molar refractivity (Wildman–Crippen MR) is 99.2 cm³/mol. The Balaban J connectivity index is 1.64. The number of hydrogen-bond acceptors (Lipinski definition) is 4. The molecule has 2 aromatic carbocycles. The summed E-state index contributed by atoms with van der Waals surface area (Å²) < 4.78 is 39.0. The standard InChI is InChI=1S/C21H18F2N2O2/c1-12-8-20(26-2)24-10-14(12)13-6-7-17-19(9-13)27-11-18(25-17)21-15(22)4-3-5-16(21)23/h3-10,18,25H,11H2,1-2H3. The molecule has 3 aromatic rings. The first-order valence-corrected chi connectivity index (χ1v) is 8.55. The molecule has 2 heterocycles. The van der Waals surface area contributed by atoms with E-state index in [-0.39, 0.29) is 12.2 Å². The van der Waals surface area contributed by atoms with Crippen molar-refractivity contribution in [3.8, 4) is 22.8 Å². The van der Waals surface area contributed by atoms with Crippen molar-refractivity contribution in [1.82, 2.24) is 4.98 Å². The molecule has 0 radical (unpaired) electrons. The topological polar surface area (TPSA) is 43.4 Å². The number of halogens is 2. The zero-order valence-corrected chi connectivity index (χ0v) is 14.9. The van der Waals surface area contributed by atoms with Gasteiger partial charge >= 0.3 is 0 Å². The maximum Gasteiger partial charge on any atom is 0.213 e. The monoisotopic (exact) mass is 368 g/mol. The summed E-state index contributed by atoms with van der Waals surface area (Å²) in [7, 11) is 1.58. The van der Waals surface area contributed by atoms with Crippen LogP contribution in [0.2, 0.25) is 0 Å². The highest BCUT2D eigenvalue weighted by atomic mass is 19.1. The Labute approximate surface area is 155 Å². The second kappa shape index (κ2) is 6.87. The van der Waals surface area contributed by atoms with Crippen LogP contribution in [-0.2, 0) is 0 Å². The zero-order chi connectivity index (χ0) is 19.0. The van der Waals surface area contributed by atoms with Gasteiger partial charge in [0.2, 0.25) is 5.88 Å². The van der Waals surface area contributed by atoms with Gasteiger partial charge in [-0.25, -0.2) is 13.8 Å². The van der Waals surface area contributed by atoms with Crippen molar-refractivity contribution in [3.05, 3.63) is 71.4 Å². The number of hydrogen-bond donors (Lipinski definition) is 1. The van der Waals surface area contributed by atoms with E-state index in [0.29, 0.717) is 17.3 Å². The summed E-state index contributed by atoms with van der Waals surface area (Å²) in [6, 6.07) is 10.8. The minimum absolute atomic E-state index is 0.0116. The highest BCUT2D eigenvalue weighted by Crippen LogP contribution is 2.38. The summed E-state index contributed by atoms with van der Waals surface area (Å²) >= 11 is 0. The molecule has 0 saturated heterocycles. The number of aryl methyl sites for hydroxylation is 1. The van der Waals surface area contributed by atoms with Gasteiger partial charge in [-0.1, -0.05) is 12.1 Å². The lowest BCUT2D eigenvalue weighted by Gasteiger charge is -2.28. The normalized spacial score (nSPS) is 15.5. The van der Waals surface area contributed by atoms with Crippen LogP contribution in [0.15, 0.2) is 48.7 Å². The third-order valence-corrected chi connectivity index (χ3v) is 4.67. The maximum atomic E-state index is 14.0. The van der Waals surface area contributed by atoms with E-state index in [1.165, 1.54) is 18.2 Å². The van der Waals surface area contributed by atoms with Gasteiger partial charge in [-0.2, -0.15) is 0 Å². The smallest absolute Gasteiger partial charge is 0.213 e. The fraction of sp³-hybridized carbons (Fsp3) is 0.190. The average molecular weight is 368 g/mol. The lowest BCUT2D eigenvalue weighted by Crippen LogP contribution is -2.25. The van der Waals surface area contributed by atoms with Crippen LogP contribution in [0, 0.1) is 18.6 Å². The molecule has 0 spiro atoms. The molecule has 0 fully saturated rings. The second-order valence-corrected chi connectivity index (χ2v) is 6.40. The number of benzene rings is 2. The van der Waals surface area contributed by atoms with Gasteiger partial charge in [0, 0.05) is 23.4 Å². The Bertz CT molecular complexity index is 987. The number of aromatic nitrogens is 1. The van der Waals surface area contributed by atoms with Crippen molar-refractivity contribution >= 4 is 5.69 Å². The molecular weight excluding hydrogens is 350 g/mol. The van der Waals surface area contributed by atoms with E-state index in [2.05, 4.69) is 10.3 Å². The van der Waals surface area contributed by atoms with Gasteiger partial charge in [-0.05, 0) is 42.3 Å². The number of nitrogens with one attached hydrogen (secondary N) is 1. The van der Waals surface area contributed by atoms with Crippen LogP contribution >= 0.6 is 0 Å². The summed E-state index contributed by atoms with van der Waals surface area (Å²) in [5.74, 6) is 0.0183. The van der Waals surface area contributed by atoms with Crippen LogP contribution in [-0.4, -0.2) is 18.7 Å². The molecule has 4 rings (SSSR count). The van der Waals surface area contributed by atoms with E-state index in [1.54, 1.807) is 13.3 Å². The molecule has 0 saturated carbocycles. The summed E-state index contributed by atoms with van der Waals surface area (Å²) in [6.07, 6.45) is 1.75. The van der Waals surface area contributed by atoms with Crippen molar-refractivity contribution in [2.45, 2.75) is 13.0 Å². The average Bonchev–Trinajstić information content (AvgIpc) is 2.67. The van der Waals surface area contributed by atoms with Gasteiger partial charge in [0.05, 0.1) is 18.8 Å². The lowest BCUT2D eigenvalue weighted by molar-refractivity contribution is 0.280. The highest BCUT2D eigenvalue weighted by Gasteiger charge is 2.26. The number of pyridine rings is 1. The molecule has 6 heteroatoms. The molecule has 27 heavy (non-hydrogen) atoms. The fourth-order valence-corrected chi connectivity index (χ4v) is 3.27. The van der Waals surface area contributed by atoms with Crippen molar-refractivity contribution in [1.29, 1.82) is 0 Å². The van der Waals surface area contributed by atoms with Crippen LogP contribution < -0.4 is 14.8 Å². The van der Waals surface area contributed by atoms with Gasteiger partial charge in [0.25, 0.3) is 0 Å². The fourth-order valence-electron chi connectivity index (χ4n) is 3.27. The minimum Gasteiger partial charge on any atom is -0.489 e. The molecule has 1 atom stereocenters. The molecule has 138 valence electrons. The Hall–Kier alpha value is -3.15. The number of anilines is 1. The predicted octanol–water partition coefficient (Wildman–Crippen LogP) is 4.89. The van der Waals surface area contributed by atoms with Gasteiger partial charge in [0.1, 0.15) is 24.0 Å². The summed E-state index contributed by atoms with van der Waals surface area (Å²) in [4.78, 5) is 4.26. The van der Waals surface area contributed by atoms with Crippen LogP contribution in [0.4, 0.5) is 14.5 Å². The molecule has 1 aromatic heterocycles. The molecule has 0 amide bonds. The van der Waals surface area contributed by atoms with E-state index < -0.39 is 17.7 Å². The van der Waals surface area contributed by atoms with Crippen LogP contribution in [0.5, 0.6) is 11.6 Å². The van der Waals surface area contributed by atoms with Crippen molar-refractivity contribution in [2.75, 3.05) is 19.0 Å². The van der Waals surface area contributed by atoms with Gasteiger partial charge < -0.3 is 14.8 Å². The van der Waals surface area contributed by atoms with E-state index in [1.807, 2.05) is 31.2 Å². The van der Waals surface area contributed by atoms with Crippen LogP contribution in [0.25, 0.3) is 11.1 Å². The first-order valence-electron chi connectivity index (χ1n) is 8.55. The minimum atomic E-state index is -0.589. The molecule has 1 aliphatic heterocycles. The number of nitrogens with zero attached hydrogens (tertiary/aromatic N) is 1. The summed E-state index contributed by atoms with van der Waals surface area (Å²) in [6.45, 7) is 2.11. The van der Waals surface area contributed by atoms with E-state index >= 15 is 0 Å². The lowest BCUT2D eigenvalue weighted by atomic mass is 10.0. The molecule has 1 N–H and O–H groups in total. The Kier molecular flexibility index (Phi) is 4.39. The number of methoxy groups -OCH3 is 1. The Morgan fingerprint density at radius 3 is 2.63 bits per heavy atom. The van der Waals surface area contributed by atoms with E-state index in [0.717, 1.165) is 16.7 Å². The number of ether oxygens (including phenoxy) is 2. The molecule has 4 nitrogen and oxygen atoms in total. The first kappa shape index (κ1) is 17.3. The first-order chi connectivity index (χ1) is 13.1. The second-order valence-electron chi connectivity index (χ2n) is 6.40.